The summed E-state index contributed by atoms with van der Waals surface area (Å²) in [5.74, 6) is 0.123. The molecule has 0 fully saturated rings. The smallest absolute Gasteiger partial charge is 0.252 e. The molecule has 1 N–H and O–H groups in total. The van der Waals surface area contributed by atoms with E-state index in [0.717, 1.165) is 18.2 Å². The van der Waals surface area contributed by atoms with Crippen LogP contribution in [0.4, 0.5) is 16.0 Å². The van der Waals surface area contributed by atoms with E-state index in [2.05, 4.69) is 22.2 Å². The first-order chi connectivity index (χ1) is 11.6. The van der Waals surface area contributed by atoms with Gasteiger partial charge in [0.25, 0.3) is 5.56 Å². The molecule has 3 aromatic rings. The molecule has 0 aliphatic rings. The fraction of sp³-hybridized carbons (Fsp3) is 0.278. The molecule has 2 aromatic heterocycles. The van der Waals surface area contributed by atoms with E-state index in [1.165, 1.54) is 12.1 Å². The van der Waals surface area contributed by atoms with Crippen LogP contribution in [0.3, 0.4) is 0 Å². The van der Waals surface area contributed by atoms with Gasteiger partial charge >= 0.3 is 0 Å². The summed E-state index contributed by atoms with van der Waals surface area (Å²) in [4.78, 5) is 20.9. The van der Waals surface area contributed by atoms with Gasteiger partial charge in [0.15, 0.2) is 0 Å². The van der Waals surface area contributed by atoms with Gasteiger partial charge in [0.05, 0.1) is 0 Å². The average Bonchev–Trinajstić information content (AvgIpc) is 2.57. The molecule has 124 valence electrons. The third kappa shape index (κ3) is 3.27. The summed E-state index contributed by atoms with van der Waals surface area (Å²) in [7, 11) is 0. The van der Waals surface area contributed by atoms with Crippen LogP contribution in [0.5, 0.6) is 0 Å². The molecule has 0 aliphatic carbocycles. The van der Waals surface area contributed by atoms with Gasteiger partial charge in [0.1, 0.15) is 11.5 Å². The normalized spacial score (nSPS) is 11.0. The zero-order valence-electron chi connectivity index (χ0n) is 13.7. The molecule has 6 heteroatoms. The Morgan fingerprint density at radius 1 is 1.25 bits per heavy atom. The molecular weight excluding hydrogens is 307 g/mol. The highest BCUT2D eigenvalue weighted by Crippen LogP contribution is 2.18. The minimum atomic E-state index is -0.256. The highest BCUT2D eigenvalue weighted by molar-refractivity contribution is 5.75. The first kappa shape index (κ1) is 16.1. The number of hydrogen-bond donors (Lipinski definition) is 1. The van der Waals surface area contributed by atoms with Crippen molar-refractivity contribution < 1.29 is 4.39 Å². The number of pyridine rings is 1. The van der Waals surface area contributed by atoms with Gasteiger partial charge in [-0.3, -0.25) is 9.36 Å². The van der Waals surface area contributed by atoms with E-state index < -0.39 is 0 Å². The molecule has 3 rings (SSSR count). The predicted octanol–water partition coefficient (Wildman–Crippen LogP) is 3.78. The lowest BCUT2D eigenvalue weighted by molar-refractivity contribution is 0.619. The molecule has 0 aliphatic heterocycles. The molecule has 0 saturated carbocycles. The SMILES string of the molecule is CCCCn1c(=O)ccc2cnc(Nc3ccc(F)c(C)c3)nc21. The highest BCUT2D eigenvalue weighted by Gasteiger charge is 2.07. The first-order valence-electron chi connectivity index (χ1n) is 7.98. The Kier molecular flexibility index (Phi) is 4.55. The van der Waals surface area contributed by atoms with Gasteiger partial charge in [-0.05, 0) is 43.2 Å². The average molecular weight is 326 g/mol. The number of benzene rings is 1. The molecule has 0 bridgehead atoms. The number of aryl methyl sites for hydroxylation is 2. The second-order valence-electron chi connectivity index (χ2n) is 5.74. The molecule has 0 radical (unpaired) electrons. The number of fused-ring (bicyclic) bond motifs is 1. The summed E-state index contributed by atoms with van der Waals surface area (Å²) in [6.45, 7) is 4.40. The third-order valence-electron chi connectivity index (χ3n) is 3.87. The second kappa shape index (κ2) is 6.78. The fourth-order valence-corrected chi connectivity index (χ4v) is 2.52. The number of nitrogens with zero attached hydrogens (tertiary/aromatic N) is 3. The Hall–Kier alpha value is -2.76. The summed E-state index contributed by atoms with van der Waals surface area (Å²) in [6.07, 6.45) is 3.58. The Bertz CT molecular complexity index is 936. The molecule has 5 nitrogen and oxygen atoms in total. The van der Waals surface area contributed by atoms with Gasteiger partial charge in [0, 0.05) is 29.9 Å². The summed E-state index contributed by atoms with van der Waals surface area (Å²) >= 11 is 0. The van der Waals surface area contributed by atoms with Crippen molar-refractivity contribution in [1.29, 1.82) is 0 Å². The van der Waals surface area contributed by atoms with Crippen LogP contribution in [-0.2, 0) is 6.54 Å². The van der Waals surface area contributed by atoms with E-state index in [1.54, 1.807) is 35.9 Å². The van der Waals surface area contributed by atoms with Gasteiger partial charge in [-0.25, -0.2) is 9.37 Å². The third-order valence-corrected chi connectivity index (χ3v) is 3.87. The monoisotopic (exact) mass is 326 g/mol. The van der Waals surface area contributed by atoms with Gasteiger partial charge in [0.2, 0.25) is 5.95 Å². The van der Waals surface area contributed by atoms with Crippen LogP contribution in [0.25, 0.3) is 11.0 Å². The van der Waals surface area contributed by atoms with Crippen molar-refractivity contribution >= 4 is 22.7 Å². The lowest BCUT2D eigenvalue weighted by atomic mass is 10.2. The Morgan fingerprint density at radius 3 is 2.83 bits per heavy atom. The second-order valence-corrected chi connectivity index (χ2v) is 5.74. The maximum absolute atomic E-state index is 13.4. The highest BCUT2D eigenvalue weighted by atomic mass is 19.1. The van der Waals surface area contributed by atoms with Crippen molar-refractivity contribution in [3.8, 4) is 0 Å². The number of hydrogen-bond acceptors (Lipinski definition) is 4. The standard InChI is InChI=1S/C18H19FN4O/c1-3-4-9-23-16(24)8-5-13-11-20-18(22-17(13)23)21-14-6-7-15(19)12(2)10-14/h5-8,10-11H,3-4,9H2,1-2H3,(H,20,21,22). The van der Waals surface area contributed by atoms with Crippen LogP contribution in [-0.4, -0.2) is 14.5 Å². The zero-order valence-corrected chi connectivity index (χ0v) is 13.7. The lowest BCUT2D eigenvalue weighted by Gasteiger charge is -2.11. The number of aromatic nitrogens is 3. The zero-order chi connectivity index (χ0) is 17.1. The van der Waals surface area contributed by atoms with Crippen LogP contribution >= 0.6 is 0 Å². The summed E-state index contributed by atoms with van der Waals surface area (Å²) < 4.78 is 15.0. The molecule has 24 heavy (non-hydrogen) atoms. The van der Waals surface area contributed by atoms with E-state index in [1.807, 2.05) is 0 Å². The number of unbranched alkanes of at least 4 members (excludes halogenated alkanes) is 1. The van der Waals surface area contributed by atoms with Crippen molar-refractivity contribution in [2.45, 2.75) is 33.2 Å². The van der Waals surface area contributed by atoms with Crippen molar-refractivity contribution in [2.75, 3.05) is 5.32 Å². The molecule has 0 saturated heterocycles. The van der Waals surface area contributed by atoms with Crippen molar-refractivity contribution in [2.24, 2.45) is 0 Å². The predicted molar refractivity (Wildman–Crippen MR) is 93.1 cm³/mol. The fourth-order valence-electron chi connectivity index (χ4n) is 2.52. The number of rotatable bonds is 5. The topological polar surface area (TPSA) is 59.8 Å². The number of anilines is 2. The van der Waals surface area contributed by atoms with Gasteiger partial charge in [-0.15, -0.1) is 0 Å². The van der Waals surface area contributed by atoms with Gasteiger partial charge in [-0.2, -0.15) is 4.98 Å². The van der Waals surface area contributed by atoms with Crippen LogP contribution in [0.1, 0.15) is 25.3 Å². The molecule has 0 atom stereocenters. The van der Waals surface area contributed by atoms with E-state index in [4.69, 9.17) is 0 Å². The van der Waals surface area contributed by atoms with Gasteiger partial charge in [-0.1, -0.05) is 13.3 Å². The quantitative estimate of drug-likeness (QED) is 0.775. The van der Waals surface area contributed by atoms with Crippen molar-refractivity contribution in [3.05, 3.63) is 58.3 Å². The summed E-state index contributed by atoms with van der Waals surface area (Å²) in [5.41, 5.74) is 1.78. The van der Waals surface area contributed by atoms with Crippen molar-refractivity contribution in [1.82, 2.24) is 14.5 Å². The lowest BCUT2D eigenvalue weighted by Crippen LogP contribution is -2.20. The first-order valence-corrected chi connectivity index (χ1v) is 7.98. The van der Waals surface area contributed by atoms with Crippen LogP contribution < -0.4 is 10.9 Å². The van der Waals surface area contributed by atoms with E-state index >= 15 is 0 Å². The van der Waals surface area contributed by atoms with E-state index in [9.17, 15) is 9.18 Å². The van der Waals surface area contributed by atoms with Gasteiger partial charge < -0.3 is 5.32 Å². The maximum Gasteiger partial charge on any atom is 0.252 e. The molecule has 0 unspecified atom stereocenters. The molecular formula is C18H19FN4O. The van der Waals surface area contributed by atoms with Crippen LogP contribution in [0, 0.1) is 12.7 Å². The van der Waals surface area contributed by atoms with Crippen LogP contribution in [0.2, 0.25) is 0 Å². The van der Waals surface area contributed by atoms with E-state index in [-0.39, 0.29) is 11.4 Å². The molecule has 0 spiro atoms. The molecule has 0 amide bonds. The Labute approximate surface area is 139 Å². The number of halogens is 1. The summed E-state index contributed by atoms with van der Waals surface area (Å²) in [5, 5.41) is 3.87. The summed E-state index contributed by atoms with van der Waals surface area (Å²) in [6, 6.07) is 7.99. The Balaban J connectivity index is 2.00. The van der Waals surface area contributed by atoms with Crippen LogP contribution in [0.15, 0.2) is 41.3 Å². The molecule has 1 aromatic carbocycles. The largest absolute Gasteiger partial charge is 0.324 e. The Morgan fingerprint density at radius 2 is 2.08 bits per heavy atom. The minimum absolute atomic E-state index is 0.0711. The number of nitrogens with one attached hydrogen (secondary N) is 1. The maximum atomic E-state index is 13.4. The van der Waals surface area contributed by atoms with E-state index in [0.29, 0.717) is 29.4 Å². The molecule has 2 heterocycles. The van der Waals surface area contributed by atoms with Crippen molar-refractivity contribution in [3.63, 3.8) is 0 Å². The minimum Gasteiger partial charge on any atom is -0.324 e.